The summed E-state index contributed by atoms with van der Waals surface area (Å²) in [6, 6.07) is 11.7. The van der Waals surface area contributed by atoms with E-state index in [-0.39, 0.29) is 11.8 Å². The highest BCUT2D eigenvalue weighted by molar-refractivity contribution is 5.28. The van der Waals surface area contributed by atoms with Gasteiger partial charge < -0.3 is 15.2 Å². The molecule has 0 aliphatic carbocycles. The van der Waals surface area contributed by atoms with Crippen molar-refractivity contribution < 1.29 is 9.84 Å². The molecule has 2 aromatic rings. The lowest BCUT2D eigenvalue weighted by molar-refractivity contribution is 0.414. The molecule has 1 aromatic heterocycles. The molecule has 2 N–H and O–H groups in total. The number of nitrogens with one attached hydrogen (secondary N) is 1. The lowest BCUT2D eigenvalue weighted by Crippen LogP contribution is -2.18. The van der Waals surface area contributed by atoms with E-state index in [0.29, 0.717) is 6.54 Å². The first kappa shape index (κ1) is 13.4. The normalized spacial score (nSPS) is 12.1. The molecule has 0 spiro atoms. The Kier molecular flexibility index (Phi) is 4.36. The van der Waals surface area contributed by atoms with Gasteiger partial charge in [0.25, 0.3) is 0 Å². The minimum absolute atomic E-state index is 0.187. The smallest absolute Gasteiger partial charge is 0.133 e. The summed E-state index contributed by atoms with van der Waals surface area (Å²) in [7, 11) is 1.66. The Balaban J connectivity index is 1.93. The molecule has 1 aromatic carbocycles. The monoisotopic (exact) mass is 258 g/mol. The summed E-state index contributed by atoms with van der Waals surface area (Å²) in [4.78, 5) is 4.14. The summed E-state index contributed by atoms with van der Waals surface area (Å²) >= 11 is 0. The second-order valence-corrected chi connectivity index (χ2v) is 4.38. The van der Waals surface area contributed by atoms with Crippen LogP contribution < -0.4 is 10.1 Å². The van der Waals surface area contributed by atoms with Crippen molar-refractivity contribution >= 4 is 0 Å². The van der Waals surface area contributed by atoms with E-state index in [1.54, 1.807) is 13.2 Å². The molecule has 0 aliphatic rings. The number of methoxy groups -OCH3 is 1. The summed E-state index contributed by atoms with van der Waals surface area (Å²) in [5.74, 6) is 1.04. The van der Waals surface area contributed by atoms with E-state index < -0.39 is 0 Å². The SMILES string of the molecule is COc1ccc([C@@H](C)NCc2ccc(O)cn2)cc1. The van der Waals surface area contributed by atoms with Crippen LogP contribution in [0.3, 0.4) is 0 Å². The molecule has 0 amide bonds. The highest BCUT2D eigenvalue weighted by Crippen LogP contribution is 2.17. The van der Waals surface area contributed by atoms with Crippen LogP contribution in [0.25, 0.3) is 0 Å². The molecule has 0 fully saturated rings. The molecule has 2 rings (SSSR count). The fourth-order valence-corrected chi connectivity index (χ4v) is 1.79. The lowest BCUT2D eigenvalue weighted by Gasteiger charge is -2.14. The number of aromatic nitrogens is 1. The van der Waals surface area contributed by atoms with Crippen LogP contribution >= 0.6 is 0 Å². The molecule has 0 aliphatic heterocycles. The minimum Gasteiger partial charge on any atom is -0.506 e. The van der Waals surface area contributed by atoms with Crippen molar-refractivity contribution in [1.29, 1.82) is 0 Å². The molecule has 1 heterocycles. The topological polar surface area (TPSA) is 54.4 Å². The minimum atomic E-state index is 0.187. The molecular weight excluding hydrogens is 240 g/mol. The van der Waals surface area contributed by atoms with Gasteiger partial charge in [0.05, 0.1) is 19.0 Å². The van der Waals surface area contributed by atoms with Crippen molar-refractivity contribution in [3.63, 3.8) is 0 Å². The van der Waals surface area contributed by atoms with Crippen LogP contribution in [0.1, 0.15) is 24.2 Å². The van der Waals surface area contributed by atoms with Crippen LogP contribution in [-0.4, -0.2) is 17.2 Å². The molecule has 4 heteroatoms. The molecule has 0 saturated heterocycles. The number of ether oxygens (including phenoxy) is 1. The Morgan fingerprint density at radius 2 is 1.95 bits per heavy atom. The van der Waals surface area contributed by atoms with E-state index in [1.165, 1.54) is 11.8 Å². The third-order valence-corrected chi connectivity index (χ3v) is 3.01. The predicted octanol–water partition coefficient (Wildman–Crippen LogP) is 2.65. The zero-order chi connectivity index (χ0) is 13.7. The molecule has 0 unspecified atom stereocenters. The van der Waals surface area contributed by atoms with Gasteiger partial charge in [-0.2, -0.15) is 0 Å². The van der Waals surface area contributed by atoms with Crippen LogP contribution in [0.4, 0.5) is 0 Å². The Morgan fingerprint density at radius 3 is 2.53 bits per heavy atom. The summed E-state index contributed by atoms with van der Waals surface area (Å²) < 4.78 is 5.14. The molecule has 0 bridgehead atoms. The largest absolute Gasteiger partial charge is 0.506 e. The third-order valence-electron chi connectivity index (χ3n) is 3.01. The zero-order valence-corrected chi connectivity index (χ0v) is 11.1. The molecule has 0 saturated carbocycles. The van der Waals surface area contributed by atoms with Gasteiger partial charge in [0, 0.05) is 12.6 Å². The maximum Gasteiger partial charge on any atom is 0.133 e. The molecule has 100 valence electrons. The van der Waals surface area contributed by atoms with E-state index >= 15 is 0 Å². The number of rotatable bonds is 5. The molecule has 19 heavy (non-hydrogen) atoms. The van der Waals surface area contributed by atoms with Crippen LogP contribution in [0.2, 0.25) is 0 Å². The fourth-order valence-electron chi connectivity index (χ4n) is 1.79. The maximum absolute atomic E-state index is 9.17. The van der Waals surface area contributed by atoms with E-state index in [1.807, 2.05) is 30.3 Å². The Labute approximate surface area is 113 Å². The van der Waals surface area contributed by atoms with Gasteiger partial charge >= 0.3 is 0 Å². The summed E-state index contributed by atoms with van der Waals surface area (Å²) in [6.45, 7) is 2.76. The van der Waals surface area contributed by atoms with Crippen molar-refractivity contribution in [3.05, 3.63) is 53.9 Å². The number of aromatic hydroxyl groups is 1. The van der Waals surface area contributed by atoms with Gasteiger partial charge in [0.2, 0.25) is 0 Å². The van der Waals surface area contributed by atoms with Crippen molar-refractivity contribution in [2.24, 2.45) is 0 Å². The first-order chi connectivity index (χ1) is 9.19. The van der Waals surface area contributed by atoms with Crippen LogP contribution in [0, 0.1) is 0 Å². The molecule has 4 nitrogen and oxygen atoms in total. The average Bonchev–Trinajstić information content (AvgIpc) is 2.46. The van der Waals surface area contributed by atoms with Crippen molar-refractivity contribution in [2.45, 2.75) is 19.5 Å². The number of hydrogen-bond acceptors (Lipinski definition) is 4. The van der Waals surface area contributed by atoms with E-state index in [2.05, 4.69) is 17.2 Å². The first-order valence-corrected chi connectivity index (χ1v) is 6.20. The summed E-state index contributed by atoms with van der Waals surface area (Å²) in [5, 5.41) is 12.6. The summed E-state index contributed by atoms with van der Waals surface area (Å²) in [5.41, 5.74) is 2.10. The van der Waals surface area contributed by atoms with Crippen LogP contribution in [0.5, 0.6) is 11.5 Å². The van der Waals surface area contributed by atoms with Gasteiger partial charge in [-0.1, -0.05) is 12.1 Å². The molecule has 0 radical (unpaired) electrons. The second kappa shape index (κ2) is 6.20. The predicted molar refractivity (Wildman–Crippen MR) is 74.2 cm³/mol. The lowest BCUT2D eigenvalue weighted by atomic mass is 10.1. The molecule has 1 atom stereocenters. The second-order valence-electron chi connectivity index (χ2n) is 4.38. The van der Waals surface area contributed by atoms with Crippen molar-refractivity contribution in [3.8, 4) is 11.5 Å². The van der Waals surface area contributed by atoms with Gasteiger partial charge in [-0.3, -0.25) is 4.98 Å². The van der Waals surface area contributed by atoms with Crippen molar-refractivity contribution in [1.82, 2.24) is 10.3 Å². The molecular formula is C15H18N2O2. The van der Waals surface area contributed by atoms with Gasteiger partial charge in [-0.05, 0) is 36.8 Å². The van der Waals surface area contributed by atoms with Crippen molar-refractivity contribution in [2.75, 3.05) is 7.11 Å². The number of nitrogens with zero attached hydrogens (tertiary/aromatic N) is 1. The number of benzene rings is 1. The Hall–Kier alpha value is -2.07. The van der Waals surface area contributed by atoms with Crippen LogP contribution in [-0.2, 0) is 6.54 Å². The zero-order valence-electron chi connectivity index (χ0n) is 11.1. The highest BCUT2D eigenvalue weighted by Gasteiger charge is 2.05. The van der Waals surface area contributed by atoms with E-state index in [0.717, 1.165) is 11.4 Å². The van der Waals surface area contributed by atoms with E-state index in [9.17, 15) is 0 Å². The van der Waals surface area contributed by atoms with Gasteiger partial charge in [0.1, 0.15) is 11.5 Å². The number of pyridine rings is 1. The standard InChI is InChI=1S/C15H18N2O2/c1-11(12-3-7-15(19-2)8-4-12)16-9-13-5-6-14(18)10-17-13/h3-8,10-11,16,18H,9H2,1-2H3/t11-/m1/s1. The van der Waals surface area contributed by atoms with Gasteiger partial charge in [-0.15, -0.1) is 0 Å². The van der Waals surface area contributed by atoms with Crippen LogP contribution in [0.15, 0.2) is 42.6 Å². The maximum atomic E-state index is 9.17. The quantitative estimate of drug-likeness (QED) is 0.865. The average molecular weight is 258 g/mol. The van der Waals surface area contributed by atoms with E-state index in [4.69, 9.17) is 9.84 Å². The highest BCUT2D eigenvalue weighted by atomic mass is 16.5. The van der Waals surface area contributed by atoms with Gasteiger partial charge in [-0.25, -0.2) is 0 Å². The first-order valence-electron chi connectivity index (χ1n) is 6.20. The number of hydrogen-bond donors (Lipinski definition) is 2. The fraction of sp³-hybridized carbons (Fsp3) is 0.267. The summed E-state index contributed by atoms with van der Waals surface area (Å²) in [6.07, 6.45) is 1.45. The Bertz CT molecular complexity index is 509. The van der Waals surface area contributed by atoms with Gasteiger partial charge in [0.15, 0.2) is 0 Å². The third kappa shape index (κ3) is 3.69. The Morgan fingerprint density at radius 1 is 1.21 bits per heavy atom.